The van der Waals surface area contributed by atoms with Gasteiger partial charge in [-0.05, 0) is 30.9 Å². The number of fused-ring (bicyclic) bond motifs is 1. The third-order valence-electron chi connectivity index (χ3n) is 4.46. The quantitative estimate of drug-likeness (QED) is 0.807. The van der Waals surface area contributed by atoms with Gasteiger partial charge < -0.3 is 4.90 Å². The summed E-state index contributed by atoms with van der Waals surface area (Å²) in [4.78, 5) is 2.50. The second-order valence-corrected chi connectivity index (χ2v) is 5.65. The maximum atomic E-state index is 9.25. The molecule has 0 spiro atoms. The van der Waals surface area contributed by atoms with Crippen LogP contribution in [0, 0.1) is 17.2 Å². The third kappa shape index (κ3) is 2.25. The van der Waals surface area contributed by atoms with Gasteiger partial charge in [-0.1, -0.05) is 37.6 Å². The summed E-state index contributed by atoms with van der Waals surface area (Å²) in [5, 5.41) is 11.5. The third-order valence-corrected chi connectivity index (χ3v) is 4.46. The molecule has 0 aliphatic carbocycles. The van der Waals surface area contributed by atoms with E-state index >= 15 is 0 Å². The Balaban J connectivity index is 2.06. The summed E-state index contributed by atoms with van der Waals surface area (Å²) in [7, 11) is 0. The number of hydrogen-bond acceptors (Lipinski definition) is 2. The van der Waals surface area contributed by atoms with Crippen LogP contribution in [0.15, 0.2) is 36.4 Å². The Morgan fingerprint density at radius 2 is 2.00 bits per heavy atom. The zero-order valence-corrected chi connectivity index (χ0v) is 12.0. The molecule has 1 saturated heterocycles. The molecule has 20 heavy (non-hydrogen) atoms. The van der Waals surface area contributed by atoms with Crippen LogP contribution in [0.5, 0.6) is 0 Å². The molecule has 0 saturated carbocycles. The summed E-state index contributed by atoms with van der Waals surface area (Å²) in [6.07, 6.45) is 3.87. The van der Waals surface area contributed by atoms with Gasteiger partial charge in [-0.15, -0.1) is 0 Å². The monoisotopic (exact) mass is 264 g/mol. The van der Waals surface area contributed by atoms with Crippen molar-refractivity contribution in [1.82, 2.24) is 0 Å². The van der Waals surface area contributed by atoms with Crippen LogP contribution in [0.4, 0.5) is 5.69 Å². The normalized spacial score (nSPS) is 19.0. The molecule has 2 heteroatoms. The van der Waals surface area contributed by atoms with Gasteiger partial charge in [-0.2, -0.15) is 5.26 Å². The molecule has 0 aromatic heterocycles. The highest BCUT2D eigenvalue weighted by Gasteiger charge is 2.20. The Morgan fingerprint density at radius 3 is 2.75 bits per heavy atom. The number of benzene rings is 2. The summed E-state index contributed by atoms with van der Waals surface area (Å²) in [5.74, 6) is 0.804. The number of anilines is 1. The Bertz CT molecular complexity index is 654. The first-order chi connectivity index (χ1) is 9.83. The molecule has 2 aromatic rings. The minimum atomic E-state index is 0.772. The largest absolute Gasteiger partial charge is 0.371 e. The lowest BCUT2D eigenvalue weighted by atomic mass is 9.94. The van der Waals surface area contributed by atoms with Gasteiger partial charge in [-0.25, -0.2) is 0 Å². The minimum absolute atomic E-state index is 0.772. The topological polar surface area (TPSA) is 27.0 Å². The average molecular weight is 264 g/mol. The van der Waals surface area contributed by atoms with E-state index in [1.807, 2.05) is 12.1 Å². The van der Waals surface area contributed by atoms with E-state index < -0.39 is 0 Å². The highest BCUT2D eigenvalue weighted by Crippen LogP contribution is 2.32. The van der Waals surface area contributed by atoms with E-state index in [2.05, 4.69) is 42.2 Å². The van der Waals surface area contributed by atoms with Crippen molar-refractivity contribution in [2.24, 2.45) is 5.92 Å². The van der Waals surface area contributed by atoms with Gasteiger partial charge in [-0.3, -0.25) is 0 Å². The van der Waals surface area contributed by atoms with E-state index in [4.69, 9.17) is 0 Å². The van der Waals surface area contributed by atoms with Crippen molar-refractivity contribution in [2.45, 2.75) is 26.2 Å². The second kappa shape index (κ2) is 5.54. The van der Waals surface area contributed by atoms with Crippen LogP contribution in [0.25, 0.3) is 10.8 Å². The fourth-order valence-corrected chi connectivity index (χ4v) is 3.27. The van der Waals surface area contributed by atoms with Gasteiger partial charge >= 0.3 is 0 Å². The predicted octanol–water partition coefficient (Wildman–Crippen LogP) is 4.34. The Hall–Kier alpha value is -2.01. The molecule has 0 amide bonds. The van der Waals surface area contributed by atoms with Gasteiger partial charge in [0.05, 0.1) is 11.6 Å². The standard InChI is InChI=1S/C18H20N2/c1-2-14-6-5-11-20(13-14)18-10-9-15(12-19)16-7-3-4-8-17(16)18/h3-4,7-10,14H,2,5-6,11,13H2,1H3. The smallest absolute Gasteiger partial charge is 0.0998 e. The van der Waals surface area contributed by atoms with Gasteiger partial charge in [0.1, 0.15) is 0 Å². The lowest BCUT2D eigenvalue weighted by molar-refractivity contribution is 0.405. The molecule has 2 nitrogen and oxygen atoms in total. The lowest BCUT2D eigenvalue weighted by Crippen LogP contribution is -2.35. The van der Waals surface area contributed by atoms with Crippen LogP contribution in [-0.2, 0) is 0 Å². The minimum Gasteiger partial charge on any atom is -0.371 e. The van der Waals surface area contributed by atoms with Gasteiger partial charge in [0.2, 0.25) is 0 Å². The van der Waals surface area contributed by atoms with Crippen molar-refractivity contribution in [3.05, 3.63) is 42.0 Å². The molecule has 1 heterocycles. The molecule has 0 N–H and O–H groups in total. The summed E-state index contributed by atoms with van der Waals surface area (Å²) >= 11 is 0. The van der Waals surface area contributed by atoms with Crippen LogP contribution in [0.1, 0.15) is 31.7 Å². The fourth-order valence-electron chi connectivity index (χ4n) is 3.27. The number of rotatable bonds is 2. The highest BCUT2D eigenvalue weighted by atomic mass is 15.1. The second-order valence-electron chi connectivity index (χ2n) is 5.65. The SMILES string of the molecule is CCC1CCCN(c2ccc(C#N)c3ccccc23)C1. The van der Waals surface area contributed by atoms with Crippen LogP contribution >= 0.6 is 0 Å². The maximum Gasteiger partial charge on any atom is 0.0998 e. The average Bonchev–Trinajstić information content (AvgIpc) is 2.54. The first-order valence-corrected chi connectivity index (χ1v) is 7.50. The van der Waals surface area contributed by atoms with E-state index in [-0.39, 0.29) is 0 Å². The summed E-state index contributed by atoms with van der Waals surface area (Å²) in [6, 6.07) is 14.7. The molecule has 3 rings (SSSR count). The zero-order chi connectivity index (χ0) is 13.9. The summed E-state index contributed by atoms with van der Waals surface area (Å²) in [5.41, 5.74) is 2.06. The van der Waals surface area contributed by atoms with Gasteiger partial charge in [0, 0.05) is 29.5 Å². The molecule has 2 aromatic carbocycles. The lowest BCUT2D eigenvalue weighted by Gasteiger charge is -2.34. The van der Waals surface area contributed by atoms with Crippen molar-refractivity contribution in [3.8, 4) is 6.07 Å². The van der Waals surface area contributed by atoms with E-state index in [0.29, 0.717) is 0 Å². The number of piperidine rings is 1. The molecule has 1 aliphatic heterocycles. The number of nitrogens with zero attached hydrogens (tertiary/aromatic N) is 2. The van der Waals surface area contributed by atoms with E-state index in [0.717, 1.165) is 30.0 Å². The molecule has 0 radical (unpaired) electrons. The highest BCUT2D eigenvalue weighted by molar-refractivity contribution is 5.97. The van der Waals surface area contributed by atoms with Crippen LogP contribution in [0.2, 0.25) is 0 Å². The van der Waals surface area contributed by atoms with Crippen LogP contribution in [-0.4, -0.2) is 13.1 Å². The van der Waals surface area contributed by atoms with Crippen molar-refractivity contribution in [3.63, 3.8) is 0 Å². The molecule has 1 fully saturated rings. The molecule has 1 atom stereocenters. The summed E-state index contributed by atoms with van der Waals surface area (Å²) in [6.45, 7) is 4.56. The molecule has 1 unspecified atom stereocenters. The molecule has 0 bridgehead atoms. The first kappa shape index (κ1) is 13.0. The molecule has 1 aliphatic rings. The van der Waals surface area contributed by atoms with Crippen LogP contribution in [0.3, 0.4) is 0 Å². The van der Waals surface area contributed by atoms with Crippen molar-refractivity contribution in [1.29, 1.82) is 5.26 Å². The van der Waals surface area contributed by atoms with Crippen molar-refractivity contribution < 1.29 is 0 Å². The molecule has 102 valence electrons. The van der Waals surface area contributed by atoms with Gasteiger partial charge in [0.15, 0.2) is 0 Å². The summed E-state index contributed by atoms with van der Waals surface area (Å²) < 4.78 is 0. The number of hydrogen-bond donors (Lipinski definition) is 0. The first-order valence-electron chi connectivity index (χ1n) is 7.50. The number of nitriles is 1. The Morgan fingerprint density at radius 1 is 1.20 bits per heavy atom. The predicted molar refractivity (Wildman–Crippen MR) is 83.9 cm³/mol. The molecular formula is C18H20N2. The maximum absolute atomic E-state index is 9.25. The van der Waals surface area contributed by atoms with E-state index in [9.17, 15) is 5.26 Å². The van der Waals surface area contributed by atoms with E-state index in [1.54, 1.807) is 0 Å². The van der Waals surface area contributed by atoms with Crippen molar-refractivity contribution in [2.75, 3.05) is 18.0 Å². The fraction of sp³-hybridized carbons (Fsp3) is 0.389. The Kier molecular flexibility index (Phi) is 3.60. The molecular weight excluding hydrogens is 244 g/mol. The van der Waals surface area contributed by atoms with Gasteiger partial charge in [0.25, 0.3) is 0 Å². The van der Waals surface area contributed by atoms with E-state index in [1.165, 1.54) is 30.3 Å². The Labute approximate surface area is 120 Å². The van der Waals surface area contributed by atoms with Crippen LogP contribution < -0.4 is 4.90 Å². The zero-order valence-electron chi connectivity index (χ0n) is 12.0. The van der Waals surface area contributed by atoms with Crippen molar-refractivity contribution >= 4 is 16.5 Å².